The standard InChI is InChI=1S/C62H116O6/c1-4-7-10-13-16-19-22-25-28-30-31-33-34-37-40-43-46-49-52-55-61(64)67-58-59(57-66-60(63)54-51-48-45-42-39-36-27-24-21-18-15-12-9-6-3)68-62(65)56-53-50-47-44-41-38-35-32-29-26-23-20-17-14-11-8-5-2/h17,20,26,29,59H,4-16,18-19,21-25,27-28,30-58H2,1-3H3/b20-17-,29-26-/t59-/m1/s1. The van der Waals surface area contributed by atoms with Gasteiger partial charge in [0.05, 0.1) is 0 Å². The van der Waals surface area contributed by atoms with Gasteiger partial charge in [-0.3, -0.25) is 14.4 Å². The van der Waals surface area contributed by atoms with Gasteiger partial charge in [-0.15, -0.1) is 0 Å². The average Bonchev–Trinajstić information content (AvgIpc) is 3.34. The summed E-state index contributed by atoms with van der Waals surface area (Å²) in [5, 5.41) is 0. The van der Waals surface area contributed by atoms with Gasteiger partial charge in [-0.1, -0.05) is 289 Å². The van der Waals surface area contributed by atoms with Gasteiger partial charge in [-0.05, 0) is 51.4 Å². The van der Waals surface area contributed by atoms with E-state index >= 15 is 0 Å². The maximum atomic E-state index is 12.9. The molecule has 0 aliphatic rings. The van der Waals surface area contributed by atoms with E-state index in [1.54, 1.807) is 0 Å². The van der Waals surface area contributed by atoms with Crippen LogP contribution in [0.2, 0.25) is 0 Å². The largest absolute Gasteiger partial charge is 0.462 e. The smallest absolute Gasteiger partial charge is 0.306 e. The molecule has 400 valence electrons. The maximum Gasteiger partial charge on any atom is 0.306 e. The molecule has 0 saturated carbocycles. The maximum absolute atomic E-state index is 12.9. The lowest BCUT2D eigenvalue weighted by Crippen LogP contribution is -2.30. The summed E-state index contributed by atoms with van der Waals surface area (Å²) in [5.74, 6) is -0.852. The highest BCUT2D eigenvalue weighted by Gasteiger charge is 2.19. The Labute approximate surface area is 423 Å². The second-order valence-corrected chi connectivity index (χ2v) is 20.6. The van der Waals surface area contributed by atoms with Crippen LogP contribution in [0.1, 0.15) is 335 Å². The summed E-state index contributed by atoms with van der Waals surface area (Å²) < 4.78 is 16.9. The van der Waals surface area contributed by atoms with E-state index in [4.69, 9.17) is 14.2 Å². The molecule has 0 fully saturated rings. The molecular weight excluding hydrogens is 841 g/mol. The minimum atomic E-state index is -0.771. The van der Waals surface area contributed by atoms with Gasteiger partial charge >= 0.3 is 17.9 Å². The highest BCUT2D eigenvalue weighted by Crippen LogP contribution is 2.17. The van der Waals surface area contributed by atoms with Gasteiger partial charge in [-0.2, -0.15) is 0 Å². The van der Waals surface area contributed by atoms with Gasteiger partial charge in [0.1, 0.15) is 13.2 Å². The van der Waals surface area contributed by atoms with Crippen LogP contribution in [0.15, 0.2) is 24.3 Å². The number of esters is 3. The predicted octanol–water partition coefficient (Wildman–Crippen LogP) is 20.3. The van der Waals surface area contributed by atoms with Gasteiger partial charge in [0.25, 0.3) is 0 Å². The molecule has 0 saturated heterocycles. The molecule has 6 nitrogen and oxygen atoms in total. The lowest BCUT2D eigenvalue weighted by atomic mass is 10.0. The van der Waals surface area contributed by atoms with E-state index in [1.807, 2.05) is 0 Å². The average molecular weight is 958 g/mol. The van der Waals surface area contributed by atoms with Gasteiger partial charge in [0.2, 0.25) is 0 Å². The van der Waals surface area contributed by atoms with Crippen LogP contribution in [0, 0.1) is 0 Å². The van der Waals surface area contributed by atoms with Crippen LogP contribution in [0.3, 0.4) is 0 Å². The summed E-state index contributed by atoms with van der Waals surface area (Å²) in [6, 6.07) is 0. The number of hydrogen-bond donors (Lipinski definition) is 0. The molecule has 0 bridgehead atoms. The molecule has 0 spiro atoms. The molecule has 1 atom stereocenters. The van der Waals surface area contributed by atoms with E-state index < -0.39 is 6.10 Å². The van der Waals surface area contributed by atoms with Gasteiger partial charge in [0, 0.05) is 19.3 Å². The second-order valence-electron chi connectivity index (χ2n) is 20.6. The molecule has 0 amide bonds. The Kier molecular flexibility index (Phi) is 55.7. The van der Waals surface area contributed by atoms with E-state index in [9.17, 15) is 14.4 Å². The third-order valence-corrected chi connectivity index (χ3v) is 13.7. The van der Waals surface area contributed by atoms with Crippen molar-refractivity contribution < 1.29 is 28.6 Å². The molecule has 0 aliphatic carbocycles. The molecule has 0 aromatic heterocycles. The Morgan fingerprint density at radius 2 is 0.529 bits per heavy atom. The number of hydrogen-bond acceptors (Lipinski definition) is 6. The number of unbranched alkanes of at least 4 members (excludes halogenated alkanes) is 41. The summed E-state index contributed by atoms with van der Waals surface area (Å²) in [5.41, 5.74) is 0. The van der Waals surface area contributed by atoms with E-state index in [0.717, 1.165) is 70.6 Å². The fourth-order valence-corrected chi connectivity index (χ4v) is 9.12. The van der Waals surface area contributed by atoms with Crippen molar-refractivity contribution >= 4 is 17.9 Å². The number of allylic oxidation sites excluding steroid dienone is 4. The van der Waals surface area contributed by atoms with Crippen molar-refractivity contribution in [1.29, 1.82) is 0 Å². The summed E-state index contributed by atoms with van der Waals surface area (Å²) in [6.45, 7) is 6.67. The van der Waals surface area contributed by atoms with Crippen LogP contribution >= 0.6 is 0 Å². The Morgan fingerprint density at radius 3 is 0.838 bits per heavy atom. The van der Waals surface area contributed by atoms with Crippen LogP contribution in [-0.2, 0) is 28.6 Å². The van der Waals surface area contributed by atoms with Crippen molar-refractivity contribution in [2.45, 2.75) is 341 Å². The van der Waals surface area contributed by atoms with Crippen molar-refractivity contribution in [2.24, 2.45) is 0 Å². The summed E-state index contributed by atoms with van der Waals surface area (Å²) in [4.78, 5) is 38.2. The number of carbonyl (C=O) groups is 3. The van der Waals surface area contributed by atoms with E-state index in [1.165, 1.54) is 225 Å². The van der Waals surface area contributed by atoms with Crippen molar-refractivity contribution in [3.05, 3.63) is 24.3 Å². The third-order valence-electron chi connectivity index (χ3n) is 13.7. The van der Waals surface area contributed by atoms with Gasteiger partial charge in [-0.25, -0.2) is 0 Å². The first kappa shape index (κ1) is 65.9. The topological polar surface area (TPSA) is 78.9 Å². The monoisotopic (exact) mass is 957 g/mol. The third kappa shape index (κ3) is 54.8. The molecule has 0 radical (unpaired) electrons. The molecule has 6 heteroatoms. The summed E-state index contributed by atoms with van der Waals surface area (Å²) in [6.07, 6.45) is 67.4. The first-order valence-electron chi connectivity index (χ1n) is 30.3. The lowest BCUT2D eigenvalue weighted by Gasteiger charge is -2.18. The molecule has 0 N–H and O–H groups in total. The Bertz CT molecular complexity index is 1100. The van der Waals surface area contributed by atoms with Gasteiger partial charge in [0.15, 0.2) is 6.10 Å². The predicted molar refractivity (Wildman–Crippen MR) is 293 cm³/mol. The molecule has 0 aliphatic heterocycles. The summed E-state index contributed by atoms with van der Waals surface area (Å²) in [7, 11) is 0. The van der Waals surface area contributed by atoms with Crippen molar-refractivity contribution in [2.75, 3.05) is 13.2 Å². The summed E-state index contributed by atoms with van der Waals surface area (Å²) >= 11 is 0. The minimum absolute atomic E-state index is 0.0687. The van der Waals surface area contributed by atoms with Crippen molar-refractivity contribution in [3.8, 4) is 0 Å². The fraction of sp³-hybridized carbons (Fsp3) is 0.887. The quantitative estimate of drug-likeness (QED) is 0.0262. The van der Waals surface area contributed by atoms with E-state index in [2.05, 4.69) is 45.1 Å². The van der Waals surface area contributed by atoms with Crippen LogP contribution in [0.5, 0.6) is 0 Å². The van der Waals surface area contributed by atoms with Crippen LogP contribution < -0.4 is 0 Å². The Hall–Kier alpha value is -2.11. The molecule has 0 aromatic carbocycles. The molecular formula is C62H116O6. The zero-order valence-electron chi connectivity index (χ0n) is 45.9. The van der Waals surface area contributed by atoms with Crippen molar-refractivity contribution in [3.63, 3.8) is 0 Å². The van der Waals surface area contributed by atoms with E-state index in [0.29, 0.717) is 19.3 Å². The molecule has 0 unspecified atom stereocenters. The number of carbonyl (C=O) groups excluding carboxylic acids is 3. The first-order valence-corrected chi connectivity index (χ1v) is 30.3. The Balaban J connectivity index is 4.31. The van der Waals surface area contributed by atoms with Crippen LogP contribution in [0.4, 0.5) is 0 Å². The van der Waals surface area contributed by atoms with Crippen molar-refractivity contribution in [1.82, 2.24) is 0 Å². The lowest BCUT2D eigenvalue weighted by molar-refractivity contribution is -0.167. The SMILES string of the molecule is CCCCC/C=C\C/C=C\CCCCCCCCCC(=O)O[C@H](COC(=O)CCCCCCCCCCCCCCCC)COC(=O)CCCCCCCCCCCCCCCCCCCCC. The zero-order chi connectivity index (χ0) is 49.3. The van der Waals surface area contributed by atoms with Crippen LogP contribution in [-0.4, -0.2) is 37.2 Å². The van der Waals surface area contributed by atoms with E-state index in [-0.39, 0.29) is 31.1 Å². The normalized spacial score (nSPS) is 12.1. The highest BCUT2D eigenvalue weighted by molar-refractivity contribution is 5.71. The fourth-order valence-electron chi connectivity index (χ4n) is 9.12. The molecule has 0 rings (SSSR count). The second kappa shape index (κ2) is 57.5. The van der Waals surface area contributed by atoms with Gasteiger partial charge < -0.3 is 14.2 Å². The highest BCUT2D eigenvalue weighted by atomic mass is 16.6. The molecule has 0 heterocycles. The molecule has 0 aromatic rings. The number of ether oxygens (including phenoxy) is 3. The molecule has 68 heavy (non-hydrogen) atoms. The first-order chi connectivity index (χ1) is 33.5. The Morgan fingerprint density at radius 1 is 0.294 bits per heavy atom. The van der Waals surface area contributed by atoms with Crippen LogP contribution in [0.25, 0.3) is 0 Å². The zero-order valence-corrected chi connectivity index (χ0v) is 45.9. The minimum Gasteiger partial charge on any atom is -0.462 e. The number of rotatable bonds is 56.